The number of amides is 1. The van der Waals surface area contributed by atoms with Gasteiger partial charge in [0.25, 0.3) is 0 Å². The summed E-state index contributed by atoms with van der Waals surface area (Å²) in [5.74, 6) is 0.738. The minimum Gasteiger partial charge on any atom is -0.372 e. The second-order valence-corrected chi connectivity index (χ2v) is 6.27. The average molecular weight is 346 g/mol. The summed E-state index contributed by atoms with van der Waals surface area (Å²) in [5, 5.41) is 3.59. The Bertz CT molecular complexity index is 759. The molecule has 0 aliphatic carbocycles. The zero-order valence-electron chi connectivity index (χ0n) is 13.6. The van der Waals surface area contributed by atoms with Crippen molar-refractivity contribution in [2.45, 2.75) is 26.3 Å². The first kappa shape index (κ1) is 16.5. The molecule has 0 unspecified atom stereocenters. The van der Waals surface area contributed by atoms with E-state index >= 15 is 0 Å². The van der Waals surface area contributed by atoms with Crippen molar-refractivity contribution in [3.8, 4) is 0 Å². The minimum absolute atomic E-state index is 0.411. The van der Waals surface area contributed by atoms with Crippen LogP contribution in [-0.4, -0.2) is 29.0 Å². The fraction of sp³-hybridized carbons (Fsp3) is 0.353. The van der Waals surface area contributed by atoms with Crippen LogP contribution in [0.4, 0.5) is 11.5 Å². The number of halogens is 1. The highest BCUT2D eigenvalue weighted by molar-refractivity contribution is 6.32. The quantitative estimate of drug-likeness (QED) is 0.870. The molecule has 7 heteroatoms. The zero-order valence-corrected chi connectivity index (χ0v) is 14.3. The molecule has 2 aromatic rings. The lowest BCUT2D eigenvalue weighted by Crippen LogP contribution is -2.20. The predicted octanol–water partition coefficient (Wildman–Crippen LogP) is 2.75. The van der Waals surface area contributed by atoms with E-state index < -0.39 is 5.91 Å². The van der Waals surface area contributed by atoms with Crippen LogP contribution in [0.15, 0.2) is 24.4 Å². The van der Waals surface area contributed by atoms with Crippen molar-refractivity contribution in [3.05, 3.63) is 46.4 Å². The molecule has 0 bridgehead atoms. The van der Waals surface area contributed by atoms with E-state index in [0.717, 1.165) is 24.3 Å². The molecule has 24 heavy (non-hydrogen) atoms. The van der Waals surface area contributed by atoms with Gasteiger partial charge in [0.1, 0.15) is 16.7 Å². The molecule has 0 radical (unpaired) electrons. The van der Waals surface area contributed by atoms with Gasteiger partial charge in [-0.1, -0.05) is 17.7 Å². The lowest BCUT2D eigenvalue weighted by atomic mass is 10.1. The molecule has 1 aliphatic heterocycles. The van der Waals surface area contributed by atoms with Crippen LogP contribution in [0.5, 0.6) is 0 Å². The lowest BCUT2D eigenvalue weighted by molar-refractivity contribution is 0.0999. The molecule has 0 saturated carbocycles. The molecule has 1 saturated heterocycles. The molecule has 1 aromatic carbocycles. The van der Waals surface area contributed by atoms with Crippen molar-refractivity contribution in [3.63, 3.8) is 0 Å². The van der Waals surface area contributed by atoms with Gasteiger partial charge in [0.05, 0.1) is 6.20 Å². The van der Waals surface area contributed by atoms with Gasteiger partial charge in [0.2, 0.25) is 5.91 Å². The van der Waals surface area contributed by atoms with E-state index in [2.05, 4.69) is 20.2 Å². The van der Waals surface area contributed by atoms with Crippen LogP contribution in [-0.2, 0) is 6.54 Å². The topological polar surface area (TPSA) is 84.1 Å². The van der Waals surface area contributed by atoms with Gasteiger partial charge < -0.3 is 16.0 Å². The number of aryl methyl sites for hydroxylation is 1. The van der Waals surface area contributed by atoms with Crippen molar-refractivity contribution in [2.24, 2.45) is 5.73 Å². The third kappa shape index (κ3) is 3.59. The second kappa shape index (κ2) is 7.05. The molecule has 1 fully saturated rings. The first-order chi connectivity index (χ1) is 11.5. The molecule has 2 heterocycles. The van der Waals surface area contributed by atoms with Crippen molar-refractivity contribution >= 4 is 29.0 Å². The molecule has 3 N–H and O–H groups in total. The number of carbonyl (C=O) groups is 1. The van der Waals surface area contributed by atoms with Crippen molar-refractivity contribution in [1.29, 1.82) is 0 Å². The van der Waals surface area contributed by atoms with Crippen LogP contribution >= 0.6 is 11.6 Å². The molecule has 3 rings (SSSR count). The highest BCUT2D eigenvalue weighted by Gasteiger charge is 2.16. The van der Waals surface area contributed by atoms with Gasteiger partial charge in [-0.05, 0) is 37.5 Å². The number of nitrogens with one attached hydrogen (secondary N) is 1. The highest BCUT2D eigenvalue weighted by Crippen LogP contribution is 2.25. The maximum Gasteiger partial charge on any atom is 0.249 e. The molecule has 0 spiro atoms. The number of rotatable bonds is 5. The fourth-order valence-electron chi connectivity index (χ4n) is 2.88. The van der Waals surface area contributed by atoms with Gasteiger partial charge in [-0.2, -0.15) is 0 Å². The molecule has 6 nitrogen and oxygen atoms in total. The first-order valence-corrected chi connectivity index (χ1v) is 8.33. The number of carbonyl (C=O) groups excluding carboxylic acids is 1. The SMILES string of the molecule is Cc1ncc(Cl)c(NCc2ccc(N3CCCC3)cc2C(N)=O)n1. The maximum atomic E-state index is 11.8. The predicted molar refractivity (Wildman–Crippen MR) is 95.5 cm³/mol. The standard InChI is InChI=1S/C17H20ClN5O/c1-11-20-10-15(18)17(22-11)21-9-12-4-5-13(8-14(12)16(19)24)23-6-2-3-7-23/h4-5,8,10H,2-3,6-7,9H2,1H3,(H2,19,24)(H,20,21,22). The van der Waals surface area contributed by atoms with Crippen LogP contribution < -0.4 is 16.0 Å². The van der Waals surface area contributed by atoms with E-state index in [0.29, 0.717) is 28.8 Å². The number of anilines is 2. The normalized spacial score (nSPS) is 14.0. The number of primary amides is 1. The molecule has 1 aromatic heterocycles. The van der Waals surface area contributed by atoms with E-state index in [1.54, 1.807) is 13.1 Å². The molecule has 126 valence electrons. The van der Waals surface area contributed by atoms with E-state index in [9.17, 15) is 4.79 Å². The van der Waals surface area contributed by atoms with Crippen molar-refractivity contribution in [2.75, 3.05) is 23.3 Å². The van der Waals surface area contributed by atoms with Crippen molar-refractivity contribution < 1.29 is 4.79 Å². The summed E-state index contributed by atoms with van der Waals surface area (Å²) in [6.45, 7) is 4.24. The number of benzene rings is 1. The highest BCUT2D eigenvalue weighted by atomic mass is 35.5. The Kier molecular flexibility index (Phi) is 4.85. The monoisotopic (exact) mass is 345 g/mol. The Morgan fingerprint density at radius 1 is 1.38 bits per heavy atom. The summed E-state index contributed by atoms with van der Waals surface area (Å²) >= 11 is 6.09. The van der Waals surface area contributed by atoms with Gasteiger partial charge in [-0.3, -0.25) is 4.79 Å². The third-order valence-electron chi connectivity index (χ3n) is 4.14. The Labute approximate surface area is 146 Å². The molecule has 1 aliphatic rings. The van der Waals surface area contributed by atoms with Crippen LogP contribution in [0.2, 0.25) is 5.02 Å². The Morgan fingerprint density at radius 2 is 2.12 bits per heavy atom. The van der Waals surface area contributed by atoms with Crippen molar-refractivity contribution in [1.82, 2.24) is 9.97 Å². The first-order valence-electron chi connectivity index (χ1n) is 7.95. The fourth-order valence-corrected chi connectivity index (χ4v) is 3.04. The summed E-state index contributed by atoms with van der Waals surface area (Å²) in [6, 6.07) is 5.84. The van der Waals surface area contributed by atoms with Gasteiger partial charge in [-0.15, -0.1) is 0 Å². The maximum absolute atomic E-state index is 11.8. The Hall–Kier alpha value is -2.34. The largest absolute Gasteiger partial charge is 0.372 e. The van der Waals surface area contributed by atoms with E-state index in [-0.39, 0.29) is 0 Å². The summed E-state index contributed by atoms with van der Waals surface area (Å²) in [6.07, 6.45) is 3.92. The van der Waals surface area contributed by atoms with Crippen LogP contribution in [0.3, 0.4) is 0 Å². The van der Waals surface area contributed by atoms with Crippen LogP contribution in [0.25, 0.3) is 0 Å². The zero-order chi connectivity index (χ0) is 17.1. The molecular formula is C17H20ClN5O. The Morgan fingerprint density at radius 3 is 2.83 bits per heavy atom. The van der Waals surface area contributed by atoms with E-state index in [1.165, 1.54) is 12.8 Å². The number of hydrogen-bond donors (Lipinski definition) is 2. The minimum atomic E-state index is -0.433. The van der Waals surface area contributed by atoms with Gasteiger partial charge in [-0.25, -0.2) is 9.97 Å². The van der Waals surface area contributed by atoms with Gasteiger partial charge in [0, 0.05) is 30.9 Å². The second-order valence-electron chi connectivity index (χ2n) is 5.87. The van der Waals surface area contributed by atoms with Gasteiger partial charge in [0.15, 0.2) is 0 Å². The molecular weight excluding hydrogens is 326 g/mol. The molecule has 1 amide bonds. The smallest absolute Gasteiger partial charge is 0.249 e. The number of hydrogen-bond acceptors (Lipinski definition) is 5. The number of aromatic nitrogens is 2. The van der Waals surface area contributed by atoms with Gasteiger partial charge >= 0.3 is 0 Å². The van der Waals surface area contributed by atoms with E-state index in [4.69, 9.17) is 17.3 Å². The number of nitrogens with zero attached hydrogens (tertiary/aromatic N) is 3. The summed E-state index contributed by atoms with van der Waals surface area (Å²) in [4.78, 5) is 22.4. The number of nitrogens with two attached hydrogens (primary N) is 1. The average Bonchev–Trinajstić information content (AvgIpc) is 3.10. The lowest BCUT2D eigenvalue weighted by Gasteiger charge is -2.19. The van der Waals surface area contributed by atoms with Crippen LogP contribution in [0, 0.1) is 6.92 Å². The third-order valence-corrected chi connectivity index (χ3v) is 4.42. The Balaban J connectivity index is 1.81. The van der Waals surface area contributed by atoms with Crippen LogP contribution in [0.1, 0.15) is 34.6 Å². The molecule has 0 atom stereocenters. The summed E-state index contributed by atoms with van der Waals surface area (Å²) in [5.41, 5.74) is 7.95. The van der Waals surface area contributed by atoms with E-state index in [1.807, 2.05) is 18.2 Å². The summed E-state index contributed by atoms with van der Waals surface area (Å²) < 4.78 is 0. The summed E-state index contributed by atoms with van der Waals surface area (Å²) in [7, 11) is 0.